The lowest BCUT2D eigenvalue weighted by Crippen LogP contribution is -2.50. The highest BCUT2D eigenvalue weighted by atomic mass is 16.5. The highest BCUT2D eigenvalue weighted by molar-refractivity contribution is 5.82. The van der Waals surface area contributed by atoms with Crippen molar-refractivity contribution < 1.29 is 9.53 Å². The molecule has 1 aromatic rings. The summed E-state index contributed by atoms with van der Waals surface area (Å²) in [5.74, 6) is 1.80. The quantitative estimate of drug-likeness (QED) is 0.610. The van der Waals surface area contributed by atoms with Gasteiger partial charge >= 0.3 is 0 Å². The van der Waals surface area contributed by atoms with Crippen LogP contribution < -0.4 is 5.32 Å². The molecule has 6 heteroatoms. The second-order valence-electron chi connectivity index (χ2n) is 8.21. The van der Waals surface area contributed by atoms with Gasteiger partial charge in [-0.2, -0.15) is 0 Å². The van der Waals surface area contributed by atoms with E-state index in [2.05, 4.69) is 55.3 Å². The predicted octanol–water partition coefficient (Wildman–Crippen LogP) is 2.63. The lowest BCUT2D eigenvalue weighted by atomic mass is 9.95. The normalized spacial score (nSPS) is 19.9. The van der Waals surface area contributed by atoms with Gasteiger partial charge < -0.3 is 19.9 Å². The summed E-state index contributed by atoms with van der Waals surface area (Å²) in [5, 5.41) is 3.44. The monoisotopic (exact) mass is 400 g/mol. The zero-order valence-corrected chi connectivity index (χ0v) is 18.2. The second-order valence-corrected chi connectivity index (χ2v) is 8.21. The van der Waals surface area contributed by atoms with Crippen molar-refractivity contribution in [3.8, 4) is 0 Å². The molecule has 6 nitrogen and oxygen atoms in total. The van der Waals surface area contributed by atoms with Crippen LogP contribution in [0.2, 0.25) is 0 Å². The Morgan fingerprint density at radius 1 is 1.14 bits per heavy atom. The Balaban J connectivity index is 1.54. The van der Waals surface area contributed by atoms with Crippen molar-refractivity contribution >= 4 is 11.9 Å². The van der Waals surface area contributed by atoms with Crippen molar-refractivity contribution in [2.45, 2.75) is 39.5 Å². The fourth-order valence-corrected chi connectivity index (χ4v) is 4.03. The Labute approximate surface area is 175 Å². The minimum atomic E-state index is 0.138. The molecule has 29 heavy (non-hydrogen) atoms. The third kappa shape index (κ3) is 5.95. The van der Waals surface area contributed by atoms with Gasteiger partial charge in [0.05, 0.1) is 13.2 Å². The SMILES string of the molecule is CCNC(=NCC(C)c1ccc(C)cc1)N1CCC(C(=O)N2CCOCC2)CC1. The van der Waals surface area contributed by atoms with Gasteiger partial charge in [0, 0.05) is 51.1 Å². The molecule has 0 bridgehead atoms. The first kappa shape index (κ1) is 21.6. The number of aryl methyl sites for hydroxylation is 1. The van der Waals surface area contributed by atoms with E-state index in [1.807, 2.05) is 4.90 Å². The van der Waals surface area contributed by atoms with E-state index in [9.17, 15) is 4.79 Å². The van der Waals surface area contributed by atoms with Crippen LogP contribution in [0.1, 0.15) is 43.7 Å². The van der Waals surface area contributed by atoms with Gasteiger partial charge in [0.15, 0.2) is 5.96 Å². The number of ether oxygens (including phenoxy) is 1. The van der Waals surface area contributed by atoms with E-state index in [4.69, 9.17) is 9.73 Å². The van der Waals surface area contributed by atoms with Crippen molar-refractivity contribution in [1.29, 1.82) is 0 Å². The molecule has 1 unspecified atom stereocenters. The number of morpholine rings is 1. The van der Waals surface area contributed by atoms with Gasteiger partial charge in [0.2, 0.25) is 5.91 Å². The van der Waals surface area contributed by atoms with Crippen LogP contribution in [-0.4, -0.2) is 74.1 Å². The zero-order valence-electron chi connectivity index (χ0n) is 18.2. The molecular weight excluding hydrogens is 364 g/mol. The Bertz CT molecular complexity index is 675. The smallest absolute Gasteiger partial charge is 0.225 e. The summed E-state index contributed by atoms with van der Waals surface area (Å²) in [6, 6.07) is 8.73. The van der Waals surface area contributed by atoms with E-state index in [1.54, 1.807) is 0 Å². The maximum atomic E-state index is 12.8. The molecule has 2 saturated heterocycles. The molecule has 0 aromatic heterocycles. The van der Waals surface area contributed by atoms with Crippen LogP contribution >= 0.6 is 0 Å². The number of hydrogen-bond acceptors (Lipinski definition) is 3. The number of aliphatic imine (C=N–C) groups is 1. The topological polar surface area (TPSA) is 57.2 Å². The fraction of sp³-hybridized carbons (Fsp3) is 0.652. The first-order valence-corrected chi connectivity index (χ1v) is 11.0. The Kier molecular flexibility index (Phi) is 7.92. The fourth-order valence-electron chi connectivity index (χ4n) is 4.03. The Hall–Kier alpha value is -2.08. The molecule has 2 aliphatic heterocycles. The minimum Gasteiger partial charge on any atom is -0.378 e. The number of likely N-dealkylation sites (tertiary alicyclic amines) is 1. The van der Waals surface area contributed by atoms with Crippen LogP contribution in [0.25, 0.3) is 0 Å². The molecule has 2 heterocycles. The van der Waals surface area contributed by atoms with Crippen molar-refractivity contribution in [3.05, 3.63) is 35.4 Å². The molecule has 1 aromatic carbocycles. The third-order valence-electron chi connectivity index (χ3n) is 5.96. The van der Waals surface area contributed by atoms with E-state index >= 15 is 0 Å². The molecule has 2 aliphatic rings. The van der Waals surface area contributed by atoms with E-state index in [0.717, 1.165) is 58.1 Å². The van der Waals surface area contributed by atoms with E-state index in [0.29, 0.717) is 25.0 Å². The molecule has 0 saturated carbocycles. The largest absolute Gasteiger partial charge is 0.378 e. The average Bonchev–Trinajstić information content (AvgIpc) is 2.77. The van der Waals surface area contributed by atoms with Gasteiger partial charge in [-0.25, -0.2) is 0 Å². The van der Waals surface area contributed by atoms with Crippen molar-refractivity contribution in [1.82, 2.24) is 15.1 Å². The van der Waals surface area contributed by atoms with Crippen LogP contribution in [0.4, 0.5) is 0 Å². The highest BCUT2D eigenvalue weighted by Crippen LogP contribution is 2.21. The van der Waals surface area contributed by atoms with Crippen molar-refractivity contribution in [3.63, 3.8) is 0 Å². The van der Waals surface area contributed by atoms with Crippen molar-refractivity contribution in [2.75, 3.05) is 52.5 Å². The first-order chi connectivity index (χ1) is 14.1. The van der Waals surface area contributed by atoms with Gasteiger partial charge in [0.25, 0.3) is 0 Å². The summed E-state index contributed by atoms with van der Waals surface area (Å²) in [4.78, 5) is 22.0. The number of hydrogen-bond donors (Lipinski definition) is 1. The zero-order chi connectivity index (χ0) is 20.6. The molecule has 1 atom stereocenters. The molecule has 1 amide bonds. The van der Waals surface area contributed by atoms with Crippen LogP contribution in [0.5, 0.6) is 0 Å². The van der Waals surface area contributed by atoms with Crippen LogP contribution in [0, 0.1) is 12.8 Å². The lowest BCUT2D eigenvalue weighted by Gasteiger charge is -2.36. The van der Waals surface area contributed by atoms with E-state index in [-0.39, 0.29) is 5.92 Å². The summed E-state index contributed by atoms with van der Waals surface area (Å²) < 4.78 is 5.37. The second kappa shape index (κ2) is 10.6. The number of piperidine rings is 1. The number of nitrogens with one attached hydrogen (secondary N) is 1. The lowest BCUT2D eigenvalue weighted by molar-refractivity contribution is -0.140. The number of guanidine groups is 1. The van der Waals surface area contributed by atoms with Crippen molar-refractivity contribution in [2.24, 2.45) is 10.9 Å². The minimum absolute atomic E-state index is 0.138. The summed E-state index contributed by atoms with van der Waals surface area (Å²) >= 11 is 0. The number of amides is 1. The molecule has 0 radical (unpaired) electrons. The van der Waals surface area contributed by atoms with Gasteiger partial charge in [-0.1, -0.05) is 36.8 Å². The molecular formula is C23H36N4O2. The van der Waals surface area contributed by atoms with Crippen LogP contribution in [0.3, 0.4) is 0 Å². The maximum absolute atomic E-state index is 12.8. The van der Waals surface area contributed by atoms with Gasteiger partial charge in [0.1, 0.15) is 0 Å². The highest BCUT2D eigenvalue weighted by Gasteiger charge is 2.30. The van der Waals surface area contributed by atoms with Crippen LogP contribution in [0.15, 0.2) is 29.3 Å². The summed E-state index contributed by atoms with van der Waals surface area (Å²) in [7, 11) is 0. The van der Waals surface area contributed by atoms with E-state index in [1.165, 1.54) is 11.1 Å². The number of carbonyl (C=O) groups is 1. The number of rotatable bonds is 5. The Morgan fingerprint density at radius 2 is 1.79 bits per heavy atom. The summed E-state index contributed by atoms with van der Waals surface area (Å²) in [6.07, 6.45) is 1.79. The Morgan fingerprint density at radius 3 is 2.41 bits per heavy atom. The molecule has 160 valence electrons. The van der Waals surface area contributed by atoms with Gasteiger partial charge in [-0.3, -0.25) is 9.79 Å². The maximum Gasteiger partial charge on any atom is 0.225 e. The standard InChI is InChI=1S/C23H36N4O2/c1-4-24-23(25-17-19(3)20-7-5-18(2)6-8-20)27-11-9-21(10-12-27)22(28)26-13-15-29-16-14-26/h5-8,19,21H,4,9-17H2,1-3H3,(H,24,25). The number of carbonyl (C=O) groups excluding carboxylic acids is 1. The molecule has 2 fully saturated rings. The number of nitrogens with zero attached hydrogens (tertiary/aromatic N) is 3. The van der Waals surface area contributed by atoms with Gasteiger partial charge in [-0.05, 0) is 32.3 Å². The summed E-state index contributed by atoms with van der Waals surface area (Å²) in [5.41, 5.74) is 2.61. The van der Waals surface area contributed by atoms with E-state index < -0.39 is 0 Å². The predicted molar refractivity (Wildman–Crippen MR) is 117 cm³/mol. The van der Waals surface area contributed by atoms with Crippen LogP contribution in [-0.2, 0) is 9.53 Å². The molecule has 1 N–H and O–H groups in total. The molecule has 3 rings (SSSR count). The molecule has 0 aliphatic carbocycles. The first-order valence-electron chi connectivity index (χ1n) is 11.0. The number of benzene rings is 1. The van der Waals surface area contributed by atoms with Gasteiger partial charge in [-0.15, -0.1) is 0 Å². The third-order valence-corrected chi connectivity index (χ3v) is 5.96. The summed E-state index contributed by atoms with van der Waals surface area (Å²) in [6.45, 7) is 12.6. The average molecular weight is 401 g/mol. The molecule has 0 spiro atoms.